The number of nitro groups is 1. The number of ether oxygens (including phenoxy) is 1. The van der Waals surface area contributed by atoms with Gasteiger partial charge in [-0.1, -0.05) is 11.6 Å². The first-order valence-electron chi connectivity index (χ1n) is 6.51. The third-order valence-corrected chi connectivity index (χ3v) is 4.01. The van der Waals surface area contributed by atoms with Crippen molar-refractivity contribution in [2.45, 2.75) is 25.4 Å². The Labute approximate surface area is 127 Å². The molecule has 0 saturated carbocycles. The highest BCUT2D eigenvalue weighted by Crippen LogP contribution is 2.27. The van der Waals surface area contributed by atoms with Crippen LogP contribution < -0.4 is 0 Å². The van der Waals surface area contributed by atoms with Gasteiger partial charge in [0.05, 0.1) is 16.1 Å². The van der Waals surface area contributed by atoms with Gasteiger partial charge in [-0.25, -0.2) is 4.98 Å². The van der Waals surface area contributed by atoms with Gasteiger partial charge in [0.1, 0.15) is 11.3 Å². The molecule has 1 aromatic rings. The third kappa shape index (κ3) is 3.30. The molecule has 1 atom stereocenters. The summed E-state index contributed by atoms with van der Waals surface area (Å²) in [4.78, 5) is 28.0. The van der Waals surface area contributed by atoms with Crippen molar-refractivity contribution in [3.05, 3.63) is 33.1 Å². The molecule has 8 heteroatoms. The largest absolute Gasteiger partial charge is 0.377 e. The van der Waals surface area contributed by atoms with E-state index in [2.05, 4.69) is 4.98 Å². The highest BCUT2D eigenvalue weighted by molar-refractivity contribution is 6.32. The van der Waals surface area contributed by atoms with Gasteiger partial charge in [-0.2, -0.15) is 0 Å². The van der Waals surface area contributed by atoms with E-state index in [1.807, 2.05) is 6.92 Å². The number of methoxy groups -OCH3 is 1. The fraction of sp³-hybridized carbons (Fsp3) is 0.538. The van der Waals surface area contributed by atoms with E-state index in [1.165, 1.54) is 0 Å². The van der Waals surface area contributed by atoms with Crippen molar-refractivity contribution in [2.75, 3.05) is 20.2 Å². The quantitative estimate of drug-likeness (QED) is 0.485. The lowest BCUT2D eigenvalue weighted by atomic mass is 9.94. The van der Waals surface area contributed by atoms with Crippen LogP contribution in [0.5, 0.6) is 0 Å². The van der Waals surface area contributed by atoms with E-state index in [4.69, 9.17) is 16.3 Å². The topological polar surface area (TPSA) is 85.6 Å². The monoisotopic (exact) mass is 313 g/mol. The Balaban J connectivity index is 2.27. The second-order valence-electron chi connectivity index (χ2n) is 5.27. The third-order valence-electron chi connectivity index (χ3n) is 3.70. The molecule has 7 nitrogen and oxygen atoms in total. The average molecular weight is 314 g/mol. The van der Waals surface area contributed by atoms with Gasteiger partial charge in [0, 0.05) is 26.3 Å². The second kappa shape index (κ2) is 5.95. The zero-order valence-corrected chi connectivity index (χ0v) is 12.6. The molecule has 0 radical (unpaired) electrons. The Morgan fingerprint density at radius 2 is 2.33 bits per heavy atom. The van der Waals surface area contributed by atoms with Gasteiger partial charge >= 0.3 is 0 Å². The van der Waals surface area contributed by atoms with E-state index in [1.54, 1.807) is 12.0 Å². The molecule has 1 fully saturated rings. The van der Waals surface area contributed by atoms with E-state index in [0.29, 0.717) is 13.1 Å². The molecule has 1 aliphatic rings. The molecule has 0 spiro atoms. The molecule has 0 bridgehead atoms. The Hall–Kier alpha value is -1.73. The average Bonchev–Trinajstić information content (AvgIpc) is 2.47. The SMILES string of the molecule is COC1(C)CCCN(C(=O)c2cc([N+](=O)[O-])cnc2Cl)C1. The lowest BCUT2D eigenvalue weighted by Crippen LogP contribution is -2.49. The number of nitrogens with zero attached hydrogens (tertiary/aromatic N) is 3. The van der Waals surface area contributed by atoms with Crippen LogP contribution in [0.2, 0.25) is 5.15 Å². The Morgan fingerprint density at radius 1 is 1.62 bits per heavy atom. The normalized spacial score (nSPS) is 22.1. The van der Waals surface area contributed by atoms with E-state index >= 15 is 0 Å². The van der Waals surface area contributed by atoms with Crippen molar-refractivity contribution in [1.82, 2.24) is 9.88 Å². The number of carbonyl (C=O) groups is 1. The minimum atomic E-state index is -0.602. The summed E-state index contributed by atoms with van der Waals surface area (Å²) in [5.74, 6) is -0.362. The molecular weight excluding hydrogens is 298 g/mol. The number of hydrogen-bond donors (Lipinski definition) is 0. The van der Waals surface area contributed by atoms with Crippen LogP contribution in [0.4, 0.5) is 5.69 Å². The molecule has 1 aromatic heterocycles. The summed E-state index contributed by atoms with van der Waals surface area (Å²) >= 11 is 5.91. The van der Waals surface area contributed by atoms with Crippen molar-refractivity contribution < 1.29 is 14.5 Å². The van der Waals surface area contributed by atoms with Crippen LogP contribution in [-0.4, -0.2) is 46.5 Å². The first kappa shape index (κ1) is 15.7. The molecule has 0 aliphatic carbocycles. The number of halogens is 1. The van der Waals surface area contributed by atoms with Gasteiger partial charge in [0.2, 0.25) is 0 Å². The van der Waals surface area contributed by atoms with Gasteiger partial charge in [-0.3, -0.25) is 14.9 Å². The molecule has 1 saturated heterocycles. The van der Waals surface area contributed by atoms with E-state index < -0.39 is 10.5 Å². The minimum Gasteiger partial charge on any atom is -0.377 e. The maximum atomic E-state index is 12.5. The number of piperidine rings is 1. The van der Waals surface area contributed by atoms with Crippen molar-refractivity contribution in [1.29, 1.82) is 0 Å². The van der Waals surface area contributed by atoms with Crippen LogP contribution >= 0.6 is 11.6 Å². The number of rotatable bonds is 3. The molecule has 0 N–H and O–H groups in total. The van der Waals surface area contributed by atoms with Crippen LogP contribution in [0.3, 0.4) is 0 Å². The summed E-state index contributed by atoms with van der Waals surface area (Å²) in [6.07, 6.45) is 2.69. The molecule has 2 heterocycles. The summed E-state index contributed by atoms with van der Waals surface area (Å²) in [6, 6.07) is 1.16. The zero-order valence-electron chi connectivity index (χ0n) is 11.8. The summed E-state index contributed by atoms with van der Waals surface area (Å²) in [6.45, 7) is 2.91. The molecule has 1 aliphatic heterocycles. The van der Waals surface area contributed by atoms with Gasteiger partial charge in [0.15, 0.2) is 0 Å². The summed E-state index contributed by atoms with van der Waals surface area (Å²) < 4.78 is 5.44. The second-order valence-corrected chi connectivity index (χ2v) is 5.63. The number of amides is 1. The minimum absolute atomic E-state index is 0.0321. The van der Waals surface area contributed by atoms with Crippen molar-refractivity contribution >= 4 is 23.2 Å². The lowest BCUT2D eigenvalue weighted by Gasteiger charge is -2.39. The van der Waals surface area contributed by atoms with Crippen molar-refractivity contribution in [3.63, 3.8) is 0 Å². The predicted octanol–water partition coefficient (Wildman–Crippen LogP) is 2.28. The maximum Gasteiger partial charge on any atom is 0.288 e. The molecule has 0 aromatic carbocycles. The first-order valence-corrected chi connectivity index (χ1v) is 6.88. The summed E-state index contributed by atoms with van der Waals surface area (Å²) in [5, 5.41) is 10.8. The van der Waals surface area contributed by atoms with Crippen LogP contribution in [0.1, 0.15) is 30.1 Å². The number of aromatic nitrogens is 1. The van der Waals surface area contributed by atoms with Crippen LogP contribution in [0.15, 0.2) is 12.3 Å². The Morgan fingerprint density at radius 3 is 2.95 bits per heavy atom. The Kier molecular flexibility index (Phi) is 4.43. The van der Waals surface area contributed by atoms with E-state index in [9.17, 15) is 14.9 Å². The molecule has 114 valence electrons. The molecule has 1 unspecified atom stereocenters. The number of hydrogen-bond acceptors (Lipinski definition) is 5. The van der Waals surface area contributed by atoms with Crippen LogP contribution in [0, 0.1) is 10.1 Å². The molecular formula is C13H16ClN3O4. The highest BCUT2D eigenvalue weighted by atomic mass is 35.5. The predicted molar refractivity (Wildman–Crippen MR) is 76.5 cm³/mol. The van der Waals surface area contributed by atoms with E-state index in [0.717, 1.165) is 25.1 Å². The van der Waals surface area contributed by atoms with E-state index in [-0.39, 0.29) is 22.3 Å². The van der Waals surface area contributed by atoms with Gasteiger partial charge in [0.25, 0.3) is 11.6 Å². The lowest BCUT2D eigenvalue weighted by molar-refractivity contribution is -0.385. The first-order chi connectivity index (χ1) is 9.86. The Bertz CT molecular complexity index is 581. The fourth-order valence-electron chi connectivity index (χ4n) is 2.40. The smallest absolute Gasteiger partial charge is 0.288 e. The zero-order chi connectivity index (χ0) is 15.6. The maximum absolute atomic E-state index is 12.5. The van der Waals surface area contributed by atoms with Crippen LogP contribution in [0.25, 0.3) is 0 Å². The standard InChI is InChI=1S/C13H16ClN3O4/c1-13(21-2)4-3-5-16(8-13)12(18)10-6-9(17(19)20)7-15-11(10)14/h6-7H,3-5,8H2,1-2H3. The van der Waals surface area contributed by atoms with Crippen LogP contribution in [-0.2, 0) is 4.74 Å². The van der Waals surface area contributed by atoms with Crippen molar-refractivity contribution in [2.24, 2.45) is 0 Å². The number of pyridine rings is 1. The van der Waals surface area contributed by atoms with Gasteiger partial charge < -0.3 is 9.64 Å². The van der Waals surface area contributed by atoms with Crippen molar-refractivity contribution in [3.8, 4) is 0 Å². The van der Waals surface area contributed by atoms with Gasteiger partial charge in [-0.05, 0) is 19.8 Å². The number of carbonyl (C=O) groups excluding carboxylic acids is 1. The fourth-order valence-corrected chi connectivity index (χ4v) is 2.59. The van der Waals surface area contributed by atoms with Gasteiger partial charge in [-0.15, -0.1) is 0 Å². The summed E-state index contributed by atoms with van der Waals surface area (Å²) in [7, 11) is 1.61. The highest BCUT2D eigenvalue weighted by Gasteiger charge is 2.34. The molecule has 21 heavy (non-hydrogen) atoms. The summed E-state index contributed by atoms with van der Waals surface area (Å²) in [5.41, 5.74) is -0.616. The molecule has 2 rings (SSSR count). The molecule has 1 amide bonds. The number of likely N-dealkylation sites (tertiary alicyclic amines) is 1.